The maximum Gasteiger partial charge on any atom is 0.287 e. The predicted molar refractivity (Wildman–Crippen MR) is 46.2 cm³/mol. The van der Waals surface area contributed by atoms with E-state index in [4.69, 9.17) is 12.2 Å². The highest BCUT2D eigenvalue weighted by Gasteiger charge is 2.23. The number of nitrogens with one attached hydrogen (secondary N) is 1. The van der Waals surface area contributed by atoms with Crippen LogP contribution in [0.2, 0.25) is 0 Å². The first-order chi connectivity index (χ1) is 4.75. The van der Waals surface area contributed by atoms with Gasteiger partial charge in [0.2, 0.25) is 0 Å². The highest BCUT2D eigenvalue weighted by atomic mass is 32.2. The van der Waals surface area contributed by atoms with Crippen molar-refractivity contribution in [2.24, 2.45) is 0 Å². The fourth-order valence-electron chi connectivity index (χ4n) is 0.713. The molecule has 0 aliphatic carbocycles. The Bertz CT molecular complexity index is 171. The highest BCUT2D eigenvalue weighted by Crippen LogP contribution is 2.16. The van der Waals surface area contributed by atoms with Gasteiger partial charge in [0.25, 0.3) is 5.24 Å². The number of rotatable bonds is 0. The van der Waals surface area contributed by atoms with E-state index in [1.807, 2.05) is 0 Å². The molecule has 0 bridgehead atoms. The molecule has 0 aromatic carbocycles. The number of carbonyl (C=O) groups is 1. The molecule has 1 fully saturated rings. The van der Waals surface area contributed by atoms with Crippen LogP contribution in [0.4, 0.5) is 4.79 Å². The Morgan fingerprint density at radius 3 is 3.00 bits per heavy atom. The third kappa shape index (κ3) is 1.41. The van der Waals surface area contributed by atoms with Crippen molar-refractivity contribution in [3.63, 3.8) is 0 Å². The molecule has 3 nitrogen and oxygen atoms in total. The molecule has 0 unspecified atom stereocenters. The summed E-state index contributed by atoms with van der Waals surface area (Å²) in [5.74, 6) is 0.848. The van der Waals surface area contributed by atoms with Crippen LogP contribution >= 0.6 is 24.0 Å². The van der Waals surface area contributed by atoms with Gasteiger partial charge in [0.05, 0.1) is 0 Å². The van der Waals surface area contributed by atoms with E-state index in [1.54, 1.807) is 11.9 Å². The van der Waals surface area contributed by atoms with E-state index in [9.17, 15) is 4.79 Å². The van der Waals surface area contributed by atoms with E-state index in [1.165, 1.54) is 11.8 Å². The van der Waals surface area contributed by atoms with Gasteiger partial charge in [-0.2, -0.15) is 0 Å². The molecule has 1 N–H and O–H groups in total. The van der Waals surface area contributed by atoms with Crippen LogP contribution in [0.15, 0.2) is 0 Å². The topological polar surface area (TPSA) is 32.3 Å². The quantitative estimate of drug-likeness (QED) is 0.550. The SMILES string of the molecule is CNC(=S)N1CCSC1=O. The molecule has 1 saturated heterocycles. The highest BCUT2D eigenvalue weighted by molar-refractivity contribution is 8.14. The van der Waals surface area contributed by atoms with Crippen LogP contribution in [0.25, 0.3) is 0 Å². The summed E-state index contributed by atoms with van der Waals surface area (Å²) in [5, 5.41) is 3.34. The van der Waals surface area contributed by atoms with Gasteiger partial charge in [-0.05, 0) is 12.2 Å². The van der Waals surface area contributed by atoms with Crippen LogP contribution in [0.5, 0.6) is 0 Å². The van der Waals surface area contributed by atoms with Gasteiger partial charge in [-0.1, -0.05) is 11.8 Å². The number of carbonyl (C=O) groups excluding carboxylic acids is 1. The fraction of sp³-hybridized carbons (Fsp3) is 0.600. The second kappa shape index (κ2) is 3.21. The average molecular weight is 176 g/mol. The maximum atomic E-state index is 10.9. The van der Waals surface area contributed by atoms with Crippen LogP contribution < -0.4 is 5.32 Å². The molecule has 56 valence electrons. The van der Waals surface area contributed by atoms with Crippen molar-refractivity contribution in [3.05, 3.63) is 0 Å². The molecule has 1 aliphatic heterocycles. The van der Waals surface area contributed by atoms with Gasteiger partial charge in [0.15, 0.2) is 5.11 Å². The number of amides is 1. The first-order valence-corrected chi connectivity index (χ1v) is 4.31. The van der Waals surface area contributed by atoms with Gasteiger partial charge in [-0.25, -0.2) is 0 Å². The number of hydrogen-bond acceptors (Lipinski definition) is 3. The summed E-state index contributed by atoms with van der Waals surface area (Å²) in [5.41, 5.74) is 0. The summed E-state index contributed by atoms with van der Waals surface area (Å²) in [7, 11) is 1.72. The third-order valence-electron chi connectivity index (χ3n) is 1.22. The van der Waals surface area contributed by atoms with Gasteiger partial charge < -0.3 is 5.32 Å². The minimum atomic E-state index is 0.0550. The van der Waals surface area contributed by atoms with Crippen LogP contribution in [0.3, 0.4) is 0 Å². The summed E-state index contributed by atoms with van der Waals surface area (Å²) in [6, 6.07) is 0. The molecule has 0 atom stereocenters. The van der Waals surface area contributed by atoms with Gasteiger partial charge in [0, 0.05) is 19.3 Å². The first kappa shape index (κ1) is 7.81. The normalized spacial score (nSPS) is 17.7. The molecule has 10 heavy (non-hydrogen) atoms. The van der Waals surface area contributed by atoms with Gasteiger partial charge in [-0.15, -0.1) is 0 Å². The molecule has 0 aromatic rings. The van der Waals surface area contributed by atoms with E-state index in [0.717, 1.165) is 12.3 Å². The zero-order valence-corrected chi connectivity index (χ0v) is 7.22. The van der Waals surface area contributed by atoms with Crippen LogP contribution in [-0.2, 0) is 0 Å². The van der Waals surface area contributed by atoms with E-state index in [2.05, 4.69) is 5.32 Å². The van der Waals surface area contributed by atoms with Crippen LogP contribution in [-0.4, -0.2) is 34.6 Å². The lowest BCUT2D eigenvalue weighted by Crippen LogP contribution is -2.37. The average Bonchev–Trinajstić information content (AvgIpc) is 2.34. The second-order valence-electron chi connectivity index (χ2n) is 1.82. The Kier molecular flexibility index (Phi) is 2.50. The molecule has 1 amide bonds. The Morgan fingerprint density at radius 1 is 1.90 bits per heavy atom. The molecule has 5 heteroatoms. The van der Waals surface area contributed by atoms with Crippen LogP contribution in [0.1, 0.15) is 0 Å². The molecule has 1 heterocycles. The van der Waals surface area contributed by atoms with E-state index in [0.29, 0.717) is 5.11 Å². The predicted octanol–water partition coefficient (Wildman–Crippen LogP) is 0.660. The van der Waals surface area contributed by atoms with Crippen molar-refractivity contribution in [1.82, 2.24) is 10.2 Å². The Labute approximate surface area is 69.1 Å². The number of thiocarbonyl (C=S) groups is 1. The van der Waals surface area contributed by atoms with E-state index >= 15 is 0 Å². The number of thioether (sulfide) groups is 1. The third-order valence-corrected chi connectivity index (χ3v) is 2.50. The number of hydrogen-bond donors (Lipinski definition) is 1. The van der Waals surface area contributed by atoms with Crippen molar-refractivity contribution in [2.45, 2.75) is 0 Å². The zero-order chi connectivity index (χ0) is 7.56. The van der Waals surface area contributed by atoms with E-state index < -0.39 is 0 Å². The van der Waals surface area contributed by atoms with Crippen molar-refractivity contribution in [2.75, 3.05) is 19.3 Å². The molecular weight excluding hydrogens is 168 g/mol. The molecule has 0 radical (unpaired) electrons. The van der Waals surface area contributed by atoms with Crippen molar-refractivity contribution < 1.29 is 4.79 Å². The molecule has 0 spiro atoms. The van der Waals surface area contributed by atoms with Crippen molar-refractivity contribution >= 4 is 34.3 Å². The van der Waals surface area contributed by atoms with Gasteiger partial charge >= 0.3 is 0 Å². The largest absolute Gasteiger partial charge is 0.365 e. The first-order valence-electron chi connectivity index (χ1n) is 2.91. The summed E-state index contributed by atoms with van der Waals surface area (Å²) in [4.78, 5) is 12.5. The summed E-state index contributed by atoms with van der Waals surface area (Å²) in [6.45, 7) is 0.739. The van der Waals surface area contributed by atoms with Crippen molar-refractivity contribution in [3.8, 4) is 0 Å². The molecule has 0 aromatic heterocycles. The second-order valence-corrected chi connectivity index (χ2v) is 3.25. The summed E-state index contributed by atoms with van der Waals surface area (Å²) >= 11 is 6.18. The Balaban J connectivity index is 2.55. The molecule has 0 saturated carbocycles. The van der Waals surface area contributed by atoms with Gasteiger partial charge in [0.1, 0.15) is 0 Å². The molecule has 1 rings (SSSR count). The van der Waals surface area contributed by atoms with E-state index in [-0.39, 0.29) is 5.24 Å². The zero-order valence-electron chi connectivity index (χ0n) is 5.59. The Morgan fingerprint density at radius 2 is 2.60 bits per heavy atom. The van der Waals surface area contributed by atoms with Gasteiger partial charge in [-0.3, -0.25) is 9.69 Å². The monoisotopic (exact) mass is 176 g/mol. The standard InChI is InChI=1S/C5H8N2OS2/c1-6-4(9)7-2-3-10-5(7)8/h2-3H2,1H3,(H,6,9). The minimum absolute atomic E-state index is 0.0550. The minimum Gasteiger partial charge on any atom is -0.365 e. The fourth-order valence-corrected chi connectivity index (χ4v) is 1.73. The summed E-state index contributed by atoms with van der Waals surface area (Å²) < 4.78 is 0. The molecule has 1 aliphatic rings. The maximum absolute atomic E-state index is 10.9. The lowest BCUT2D eigenvalue weighted by Gasteiger charge is -2.13. The smallest absolute Gasteiger partial charge is 0.287 e. The molecular formula is C5H8N2OS2. The summed E-state index contributed by atoms with van der Waals surface area (Å²) in [6.07, 6.45) is 0. The lowest BCUT2D eigenvalue weighted by atomic mass is 10.6. The lowest BCUT2D eigenvalue weighted by molar-refractivity contribution is 0.247. The number of nitrogens with zero attached hydrogens (tertiary/aromatic N) is 1. The Hall–Kier alpha value is -0.290. The van der Waals surface area contributed by atoms with Crippen LogP contribution in [0, 0.1) is 0 Å². The van der Waals surface area contributed by atoms with Crippen molar-refractivity contribution in [1.29, 1.82) is 0 Å².